The maximum atomic E-state index is 10.5. The van der Waals surface area contributed by atoms with Gasteiger partial charge in [-0.15, -0.1) is 0 Å². The van der Waals surface area contributed by atoms with Gasteiger partial charge in [0.15, 0.2) is 0 Å². The molecular weight excluding hydrogens is 312 g/mol. The molecule has 0 saturated heterocycles. The smallest absolute Gasteiger partial charge is 0.0846 e. The minimum Gasteiger partial charge on any atom is -0.386 e. The summed E-state index contributed by atoms with van der Waals surface area (Å²) in [4.78, 5) is 0. The fourth-order valence-electron chi connectivity index (χ4n) is 2.09. The first kappa shape index (κ1) is 15.0. The summed E-state index contributed by atoms with van der Waals surface area (Å²) in [7, 11) is 0. The lowest BCUT2D eigenvalue weighted by molar-refractivity contribution is 0.144. The number of hydrogen-bond donors (Lipinski definition) is 1. The molecule has 0 heterocycles. The van der Waals surface area contributed by atoms with Crippen LogP contribution >= 0.6 is 15.9 Å². The van der Waals surface area contributed by atoms with E-state index in [1.54, 1.807) is 0 Å². The Morgan fingerprint density at radius 3 is 2.20 bits per heavy atom. The van der Waals surface area contributed by atoms with Crippen molar-refractivity contribution in [3.63, 3.8) is 0 Å². The molecule has 0 aliphatic heterocycles. The third-order valence-corrected chi connectivity index (χ3v) is 3.95. The normalized spacial score (nSPS) is 12.6. The van der Waals surface area contributed by atoms with Crippen LogP contribution in [0.1, 0.15) is 30.5 Å². The Labute approximate surface area is 129 Å². The first-order valence-corrected chi connectivity index (χ1v) is 7.43. The van der Waals surface area contributed by atoms with Crippen LogP contribution in [0, 0.1) is 6.92 Å². The quantitative estimate of drug-likeness (QED) is 0.779. The van der Waals surface area contributed by atoms with E-state index in [4.69, 9.17) is 0 Å². The zero-order chi connectivity index (χ0) is 14.8. The van der Waals surface area contributed by atoms with Crippen LogP contribution in [0.5, 0.6) is 0 Å². The lowest BCUT2D eigenvalue weighted by Crippen LogP contribution is -2.20. The molecule has 1 N–H and O–H groups in total. The topological polar surface area (TPSA) is 20.2 Å². The van der Waals surface area contributed by atoms with Crippen LogP contribution in [-0.4, -0.2) is 10.7 Å². The lowest BCUT2D eigenvalue weighted by atomic mass is 9.89. The fourth-order valence-corrected chi connectivity index (χ4v) is 2.49. The van der Waals surface area contributed by atoms with Crippen molar-refractivity contribution in [1.29, 1.82) is 0 Å². The average molecular weight is 331 g/mol. The zero-order valence-electron chi connectivity index (χ0n) is 12.0. The Kier molecular flexibility index (Phi) is 4.46. The van der Waals surface area contributed by atoms with E-state index in [-0.39, 0.29) is 0 Å². The van der Waals surface area contributed by atoms with Gasteiger partial charge < -0.3 is 5.11 Å². The van der Waals surface area contributed by atoms with E-state index in [2.05, 4.69) is 47.1 Å². The van der Waals surface area contributed by atoms with Crippen molar-refractivity contribution in [3.05, 3.63) is 69.7 Å². The maximum Gasteiger partial charge on any atom is 0.0846 e. The van der Waals surface area contributed by atoms with Gasteiger partial charge in [0.2, 0.25) is 0 Å². The molecule has 2 rings (SSSR count). The van der Waals surface area contributed by atoms with Crippen molar-refractivity contribution in [2.24, 2.45) is 0 Å². The molecule has 2 aromatic rings. The number of halogens is 1. The minimum absolute atomic E-state index is 0.898. The van der Waals surface area contributed by atoms with E-state index >= 15 is 0 Å². The van der Waals surface area contributed by atoms with Gasteiger partial charge in [0.1, 0.15) is 0 Å². The van der Waals surface area contributed by atoms with Crippen molar-refractivity contribution in [2.75, 3.05) is 0 Å². The average Bonchev–Trinajstić information content (AvgIpc) is 2.38. The number of aliphatic hydroxyl groups is 1. The SMILES string of the molecule is Cc1ccc(/C(=C/c2ccccc2Br)C(C)(C)O)cc1. The maximum absolute atomic E-state index is 10.5. The first-order chi connectivity index (χ1) is 9.38. The highest BCUT2D eigenvalue weighted by Gasteiger charge is 2.21. The Balaban J connectivity index is 2.54. The molecule has 104 valence electrons. The largest absolute Gasteiger partial charge is 0.386 e. The Bertz CT molecular complexity index is 619. The highest BCUT2D eigenvalue weighted by molar-refractivity contribution is 9.10. The van der Waals surface area contributed by atoms with Crippen LogP contribution in [0.4, 0.5) is 0 Å². The monoisotopic (exact) mass is 330 g/mol. The van der Waals surface area contributed by atoms with Gasteiger partial charge >= 0.3 is 0 Å². The molecule has 0 aliphatic carbocycles. The van der Waals surface area contributed by atoms with E-state index in [0.29, 0.717) is 0 Å². The number of rotatable bonds is 3. The summed E-state index contributed by atoms with van der Waals surface area (Å²) in [6.45, 7) is 5.69. The molecule has 1 nitrogen and oxygen atoms in total. The Morgan fingerprint density at radius 1 is 1.05 bits per heavy atom. The molecule has 0 unspecified atom stereocenters. The lowest BCUT2D eigenvalue weighted by Gasteiger charge is -2.23. The van der Waals surface area contributed by atoms with E-state index in [1.807, 2.05) is 44.2 Å². The fraction of sp³-hybridized carbons (Fsp3) is 0.222. The molecule has 20 heavy (non-hydrogen) atoms. The van der Waals surface area contributed by atoms with E-state index < -0.39 is 5.60 Å². The van der Waals surface area contributed by atoms with Crippen molar-refractivity contribution >= 4 is 27.6 Å². The third-order valence-electron chi connectivity index (χ3n) is 3.23. The van der Waals surface area contributed by atoms with Crippen LogP contribution in [0.25, 0.3) is 11.6 Å². The van der Waals surface area contributed by atoms with E-state index in [1.165, 1.54) is 5.56 Å². The van der Waals surface area contributed by atoms with Gasteiger partial charge in [-0.05, 0) is 49.6 Å². The van der Waals surface area contributed by atoms with Gasteiger partial charge in [-0.1, -0.05) is 64.0 Å². The Hall–Kier alpha value is -1.38. The summed E-state index contributed by atoms with van der Waals surface area (Å²) in [5.41, 5.74) is 3.32. The molecule has 0 bridgehead atoms. The van der Waals surface area contributed by atoms with Crippen molar-refractivity contribution < 1.29 is 5.11 Å². The van der Waals surface area contributed by atoms with Gasteiger partial charge in [0.25, 0.3) is 0 Å². The van der Waals surface area contributed by atoms with Crippen LogP contribution in [0.15, 0.2) is 53.0 Å². The van der Waals surface area contributed by atoms with Gasteiger partial charge in [-0.2, -0.15) is 0 Å². The van der Waals surface area contributed by atoms with Gasteiger partial charge in [-0.3, -0.25) is 0 Å². The van der Waals surface area contributed by atoms with Crippen molar-refractivity contribution in [3.8, 4) is 0 Å². The molecule has 0 fully saturated rings. The first-order valence-electron chi connectivity index (χ1n) is 6.64. The molecule has 0 atom stereocenters. The second-order valence-electron chi connectivity index (χ2n) is 5.50. The molecule has 0 aliphatic rings. The second-order valence-corrected chi connectivity index (χ2v) is 6.36. The summed E-state index contributed by atoms with van der Waals surface area (Å²) < 4.78 is 1.02. The molecule has 0 amide bonds. The van der Waals surface area contributed by atoms with Crippen LogP contribution < -0.4 is 0 Å². The van der Waals surface area contributed by atoms with Crippen LogP contribution in [-0.2, 0) is 0 Å². The summed E-state index contributed by atoms with van der Waals surface area (Å²) in [5, 5.41) is 10.5. The highest BCUT2D eigenvalue weighted by Crippen LogP contribution is 2.31. The molecule has 0 saturated carbocycles. The highest BCUT2D eigenvalue weighted by atomic mass is 79.9. The number of aryl methyl sites for hydroxylation is 1. The Morgan fingerprint density at radius 2 is 1.65 bits per heavy atom. The molecule has 0 aromatic heterocycles. The van der Waals surface area contributed by atoms with Crippen LogP contribution in [0.3, 0.4) is 0 Å². The van der Waals surface area contributed by atoms with Crippen molar-refractivity contribution in [2.45, 2.75) is 26.4 Å². The summed E-state index contributed by atoms with van der Waals surface area (Å²) in [6.07, 6.45) is 2.04. The van der Waals surface area contributed by atoms with E-state index in [0.717, 1.165) is 21.2 Å². The summed E-state index contributed by atoms with van der Waals surface area (Å²) in [6, 6.07) is 16.2. The predicted molar refractivity (Wildman–Crippen MR) is 89.5 cm³/mol. The van der Waals surface area contributed by atoms with E-state index in [9.17, 15) is 5.11 Å². The van der Waals surface area contributed by atoms with Gasteiger partial charge in [-0.25, -0.2) is 0 Å². The number of hydrogen-bond acceptors (Lipinski definition) is 1. The molecule has 0 radical (unpaired) electrons. The predicted octanol–water partition coefficient (Wildman–Crippen LogP) is 5.07. The van der Waals surface area contributed by atoms with Crippen molar-refractivity contribution in [1.82, 2.24) is 0 Å². The minimum atomic E-state index is -0.898. The number of benzene rings is 2. The van der Waals surface area contributed by atoms with Gasteiger partial charge in [0.05, 0.1) is 5.60 Å². The molecule has 2 aromatic carbocycles. The molecule has 0 spiro atoms. The second kappa shape index (κ2) is 5.94. The zero-order valence-corrected chi connectivity index (χ0v) is 13.6. The van der Waals surface area contributed by atoms with Gasteiger partial charge in [0, 0.05) is 4.47 Å². The molecular formula is C18H19BrO. The third kappa shape index (κ3) is 3.59. The van der Waals surface area contributed by atoms with Crippen LogP contribution in [0.2, 0.25) is 0 Å². The summed E-state index contributed by atoms with van der Waals surface area (Å²) in [5.74, 6) is 0. The standard InChI is InChI=1S/C18H19BrO/c1-13-8-10-14(11-9-13)16(18(2,3)20)12-15-6-4-5-7-17(15)19/h4-12,20H,1-3H3/b16-12-. The molecule has 2 heteroatoms. The summed E-state index contributed by atoms with van der Waals surface area (Å²) >= 11 is 3.55.